The Bertz CT molecular complexity index is 601. The molecule has 2 heteroatoms. The number of rotatable bonds is 5. The van der Waals surface area contributed by atoms with E-state index in [2.05, 4.69) is 38.9 Å². The molecular weight excluding hydrogens is 378 g/mol. The van der Waals surface area contributed by atoms with Gasteiger partial charge in [-0.25, -0.2) is 0 Å². The second kappa shape index (κ2) is 8.51. The Morgan fingerprint density at radius 3 is 2.40 bits per heavy atom. The second-order valence-corrected chi connectivity index (χ2v) is 18.5. The molecule has 5 rings (SSSR count). The highest BCUT2D eigenvalue weighted by molar-refractivity contribution is 6.80. The van der Waals surface area contributed by atoms with Crippen LogP contribution in [0.1, 0.15) is 97.3 Å². The molecule has 10 atom stereocenters. The zero-order valence-electron chi connectivity index (χ0n) is 20.9. The Hall–Kier alpha value is 0.177. The molecule has 5 fully saturated rings. The monoisotopic (exact) mass is 429 g/mol. The molecule has 0 aromatic heterocycles. The van der Waals surface area contributed by atoms with Gasteiger partial charge in [-0.3, -0.25) is 4.90 Å². The maximum absolute atomic E-state index is 2.99. The lowest BCUT2D eigenvalue weighted by molar-refractivity contribution is 0.109. The first-order valence-corrected chi connectivity index (χ1v) is 17.3. The van der Waals surface area contributed by atoms with Crippen LogP contribution in [-0.2, 0) is 0 Å². The molecule has 1 aliphatic heterocycles. The fourth-order valence-corrected chi connectivity index (χ4v) is 15.7. The minimum absolute atomic E-state index is 0.937. The standard InChI is InChI=1S/C28H51NSi/c1-6-7-10-20-14-15-21(18-20)30(4,5)28-23-12-9-8-11-22(23)27-26(28)24-17-19(2)13-16-25(24)29(27)3/h19-28H,6-18H2,1-5H3. The highest BCUT2D eigenvalue weighted by atomic mass is 28.3. The summed E-state index contributed by atoms with van der Waals surface area (Å²) in [6, 6.07) is 1.90. The Labute approximate surface area is 189 Å². The Morgan fingerprint density at radius 2 is 1.63 bits per heavy atom. The van der Waals surface area contributed by atoms with Crippen molar-refractivity contribution in [3.63, 3.8) is 0 Å². The van der Waals surface area contributed by atoms with Crippen molar-refractivity contribution in [1.82, 2.24) is 4.90 Å². The zero-order chi connectivity index (χ0) is 21.0. The topological polar surface area (TPSA) is 3.24 Å². The molecular formula is C28H51NSi. The van der Waals surface area contributed by atoms with Gasteiger partial charge in [0.2, 0.25) is 0 Å². The third-order valence-electron chi connectivity index (χ3n) is 11.6. The van der Waals surface area contributed by atoms with E-state index in [-0.39, 0.29) is 0 Å². The molecule has 0 spiro atoms. The van der Waals surface area contributed by atoms with Crippen LogP contribution in [0.3, 0.4) is 0 Å². The van der Waals surface area contributed by atoms with Crippen molar-refractivity contribution in [2.75, 3.05) is 7.05 Å². The van der Waals surface area contributed by atoms with E-state index in [4.69, 9.17) is 0 Å². The number of likely N-dealkylation sites (tertiary alicyclic amines) is 1. The summed E-state index contributed by atoms with van der Waals surface area (Å²) < 4.78 is 0. The van der Waals surface area contributed by atoms with Crippen molar-refractivity contribution < 1.29 is 0 Å². The Balaban J connectivity index is 1.43. The number of hydrogen-bond donors (Lipinski definition) is 0. The summed E-state index contributed by atoms with van der Waals surface area (Å²) in [6.45, 7) is 10.7. The van der Waals surface area contributed by atoms with Crippen LogP contribution in [-0.4, -0.2) is 32.1 Å². The summed E-state index contributed by atoms with van der Waals surface area (Å²) in [5.74, 6) is 6.34. The number of hydrogen-bond acceptors (Lipinski definition) is 1. The predicted octanol–water partition coefficient (Wildman–Crippen LogP) is 7.98. The third-order valence-corrected chi connectivity index (χ3v) is 16.8. The molecule has 30 heavy (non-hydrogen) atoms. The molecule has 0 N–H and O–H groups in total. The average Bonchev–Trinajstić information content (AvgIpc) is 3.41. The van der Waals surface area contributed by atoms with Gasteiger partial charge in [0.25, 0.3) is 0 Å². The molecule has 1 nitrogen and oxygen atoms in total. The number of unbranched alkanes of at least 4 members (excludes halogenated alkanes) is 1. The van der Waals surface area contributed by atoms with E-state index >= 15 is 0 Å². The molecule has 1 saturated heterocycles. The molecule has 0 radical (unpaired) electrons. The summed E-state index contributed by atoms with van der Waals surface area (Å²) in [6.07, 6.45) is 20.0. The Morgan fingerprint density at radius 1 is 0.867 bits per heavy atom. The predicted molar refractivity (Wildman–Crippen MR) is 133 cm³/mol. The maximum Gasteiger partial charge on any atom is 0.0542 e. The SMILES string of the molecule is CCCCC1CCC([Si](C)(C)C2C3CCCCC3C3C2C2CC(C)CCC2N3C)C1. The summed E-state index contributed by atoms with van der Waals surface area (Å²) in [5, 5.41) is 0. The Kier molecular flexibility index (Phi) is 6.24. The molecule has 10 unspecified atom stereocenters. The van der Waals surface area contributed by atoms with Crippen molar-refractivity contribution in [3.05, 3.63) is 0 Å². The van der Waals surface area contributed by atoms with Crippen LogP contribution in [0, 0.1) is 35.5 Å². The van der Waals surface area contributed by atoms with Gasteiger partial charge in [0.15, 0.2) is 0 Å². The fourth-order valence-electron chi connectivity index (χ4n) is 10.3. The summed E-state index contributed by atoms with van der Waals surface area (Å²) in [5.41, 5.74) is 2.28. The zero-order valence-corrected chi connectivity index (χ0v) is 21.9. The molecule has 0 bridgehead atoms. The van der Waals surface area contributed by atoms with E-state index < -0.39 is 8.07 Å². The first-order valence-electron chi connectivity index (χ1n) is 14.1. The highest BCUT2D eigenvalue weighted by Gasteiger charge is 2.65. The fraction of sp³-hybridized carbons (Fsp3) is 1.00. The normalized spacial score (nSPS) is 49.1. The van der Waals surface area contributed by atoms with Gasteiger partial charge in [-0.1, -0.05) is 78.3 Å². The van der Waals surface area contributed by atoms with Gasteiger partial charge in [-0.05, 0) is 85.7 Å². The average molecular weight is 430 g/mol. The van der Waals surface area contributed by atoms with Gasteiger partial charge in [0.1, 0.15) is 0 Å². The first kappa shape index (κ1) is 22.0. The van der Waals surface area contributed by atoms with Crippen molar-refractivity contribution in [1.29, 1.82) is 0 Å². The van der Waals surface area contributed by atoms with Crippen LogP contribution in [0.2, 0.25) is 24.2 Å². The summed E-state index contributed by atoms with van der Waals surface area (Å²) >= 11 is 0. The molecule has 0 amide bonds. The van der Waals surface area contributed by atoms with Gasteiger partial charge < -0.3 is 0 Å². The lowest BCUT2D eigenvalue weighted by Gasteiger charge is -2.47. The smallest absolute Gasteiger partial charge is 0.0542 e. The van der Waals surface area contributed by atoms with Crippen LogP contribution in [0.4, 0.5) is 0 Å². The molecule has 1 heterocycles. The quantitative estimate of drug-likeness (QED) is 0.400. The van der Waals surface area contributed by atoms with Gasteiger partial charge in [-0.2, -0.15) is 0 Å². The molecule has 5 aliphatic rings. The molecule has 0 aromatic carbocycles. The van der Waals surface area contributed by atoms with E-state index in [9.17, 15) is 0 Å². The van der Waals surface area contributed by atoms with Crippen molar-refractivity contribution >= 4 is 8.07 Å². The van der Waals surface area contributed by atoms with Gasteiger partial charge in [-0.15, -0.1) is 0 Å². The summed E-state index contributed by atoms with van der Waals surface area (Å²) in [4.78, 5) is 2.99. The lowest BCUT2D eigenvalue weighted by atomic mass is 9.73. The molecule has 172 valence electrons. The second-order valence-electron chi connectivity index (χ2n) is 13.4. The molecule has 4 aliphatic carbocycles. The van der Waals surface area contributed by atoms with Crippen LogP contribution in [0.5, 0.6) is 0 Å². The van der Waals surface area contributed by atoms with Gasteiger partial charge in [0, 0.05) is 12.1 Å². The van der Waals surface area contributed by atoms with Crippen molar-refractivity contribution in [3.8, 4) is 0 Å². The van der Waals surface area contributed by atoms with E-state index in [1.807, 2.05) is 0 Å². The molecule has 0 aromatic rings. The van der Waals surface area contributed by atoms with Crippen LogP contribution in [0.25, 0.3) is 0 Å². The minimum atomic E-state index is -1.27. The third kappa shape index (κ3) is 3.49. The number of fused-ring (bicyclic) bond motifs is 5. The van der Waals surface area contributed by atoms with E-state index in [1.165, 1.54) is 38.5 Å². The van der Waals surface area contributed by atoms with Gasteiger partial charge in [0.05, 0.1) is 8.07 Å². The van der Waals surface area contributed by atoms with Crippen molar-refractivity contribution in [2.24, 2.45) is 35.5 Å². The van der Waals surface area contributed by atoms with E-state index in [0.717, 1.165) is 58.7 Å². The maximum atomic E-state index is 2.99. The minimum Gasteiger partial charge on any atom is -0.300 e. The van der Waals surface area contributed by atoms with E-state index in [0.29, 0.717) is 0 Å². The van der Waals surface area contributed by atoms with Crippen LogP contribution >= 0.6 is 0 Å². The van der Waals surface area contributed by atoms with Crippen LogP contribution in [0.15, 0.2) is 0 Å². The lowest BCUT2D eigenvalue weighted by Crippen LogP contribution is -2.46. The summed E-state index contributed by atoms with van der Waals surface area (Å²) in [7, 11) is 1.30. The van der Waals surface area contributed by atoms with Gasteiger partial charge >= 0.3 is 0 Å². The van der Waals surface area contributed by atoms with E-state index in [1.54, 1.807) is 44.9 Å². The largest absolute Gasteiger partial charge is 0.300 e. The number of nitrogens with zero attached hydrogens (tertiary/aromatic N) is 1. The van der Waals surface area contributed by atoms with Crippen molar-refractivity contribution in [2.45, 2.75) is 134 Å². The molecule has 4 saturated carbocycles. The highest BCUT2D eigenvalue weighted by Crippen LogP contribution is 2.67. The first-order chi connectivity index (χ1) is 14.4. The van der Waals surface area contributed by atoms with Crippen LogP contribution < -0.4 is 0 Å².